The van der Waals surface area contributed by atoms with Gasteiger partial charge < -0.3 is 4.79 Å². The lowest BCUT2D eigenvalue weighted by Gasteiger charge is -2.24. The molecule has 0 amide bonds. The Balaban J connectivity index is 2.84. The molecule has 0 saturated heterocycles. The monoisotopic (exact) mass is 179 g/mol. The second kappa shape index (κ2) is 4.62. The SMILES string of the molecule is CON(c1ccccc1)[C@@H](C)C=O. The summed E-state index contributed by atoms with van der Waals surface area (Å²) in [5.41, 5.74) is 0.879. The molecular formula is C10H13NO2. The van der Waals surface area contributed by atoms with Crippen LogP contribution in [-0.4, -0.2) is 19.4 Å². The van der Waals surface area contributed by atoms with Gasteiger partial charge in [-0.1, -0.05) is 18.2 Å². The summed E-state index contributed by atoms with van der Waals surface area (Å²) in [6, 6.07) is 9.24. The quantitative estimate of drug-likeness (QED) is 0.520. The molecule has 0 aliphatic heterocycles. The van der Waals surface area contributed by atoms with Crippen LogP contribution in [0.1, 0.15) is 6.92 Å². The number of carbonyl (C=O) groups is 1. The number of hydroxylamine groups is 1. The smallest absolute Gasteiger partial charge is 0.144 e. The number of rotatable bonds is 4. The Morgan fingerprint density at radius 2 is 2.00 bits per heavy atom. The molecule has 0 bridgehead atoms. The van der Waals surface area contributed by atoms with Crippen molar-refractivity contribution in [2.24, 2.45) is 0 Å². The van der Waals surface area contributed by atoms with Crippen LogP contribution in [0.2, 0.25) is 0 Å². The van der Waals surface area contributed by atoms with E-state index in [9.17, 15) is 4.79 Å². The number of hydrogen-bond donors (Lipinski definition) is 0. The van der Waals surface area contributed by atoms with Crippen LogP contribution < -0.4 is 5.06 Å². The van der Waals surface area contributed by atoms with E-state index in [2.05, 4.69) is 0 Å². The first-order chi connectivity index (χ1) is 6.29. The summed E-state index contributed by atoms with van der Waals surface area (Å²) in [5.74, 6) is 0. The molecule has 0 unspecified atom stereocenters. The zero-order valence-corrected chi connectivity index (χ0v) is 7.81. The van der Waals surface area contributed by atoms with Gasteiger partial charge in [0.15, 0.2) is 0 Å². The van der Waals surface area contributed by atoms with Crippen molar-refractivity contribution in [2.75, 3.05) is 12.2 Å². The van der Waals surface area contributed by atoms with Gasteiger partial charge in [-0.05, 0) is 19.1 Å². The minimum absolute atomic E-state index is 0.271. The Kier molecular flexibility index (Phi) is 3.46. The van der Waals surface area contributed by atoms with Crippen molar-refractivity contribution in [1.29, 1.82) is 0 Å². The second-order valence-corrected chi connectivity index (χ2v) is 2.72. The second-order valence-electron chi connectivity index (χ2n) is 2.72. The van der Waals surface area contributed by atoms with E-state index in [4.69, 9.17) is 4.84 Å². The van der Waals surface area contributed by atoms with Crippen molar-refractivity contribution in [1.82, 2.24) is 0 Å². The van der Waals surface area contributed by atoms with Crippen molar-refractivity contribution in [3.63, 3.8) is 0 Å². The molecule has 0 spiro atoms. The molecule has 3 nitrogen and oxygen atoms in total. The topological polar surface area (TPSA) is 29.5 Å². The largest absolute Gasteiger partial charge is 0.301 e. The predicted octanol–water partition coefficient (Wildman–Crippen LogP) is 1.64. The lowest BCUT2D eigenvalue weighted by Crippen LogP contribution is -2.32. The van der Waals surface area contributed by atoms with E-state index in [0.29, 0.717) is 0 Å². The molecule has 1 atom stereocenters. The molecule has 0 saturated carbocycles. The summed E-state index contributed by atoms with van der Waals surface area (Å²) in [6.07, 6.45) is 0.844. The first-order valence-electron chi connectivity index (χ1n) is 4.13. The molecule has 0 heterocycles. The maximum absolute atomic E-state index is 10.6. The normalized spacial score (nSPS) is 12.2. The van der Waals surface area contributed by atoms with E-state index in [0.717, 1.165) is 12.0 Å². The summed E-state index contributed by atoms with van der Waals surface area (Å²) in [5, 5.41) is 1.56. The summed E-state index contributed by atoms with van der Waals surface area (Å²) in [4.78, 5) is 15.6. The Hall–Kier alpha value is -1.35. The molecule has 0 aliphatic rings. The Morgan fingerprint density at radius 1 is 1.38 bits per heavy atom. The first-order valence-corrected chi connectivity index (χ1v) is 4.13. The van der Waals surface area contributed by atoms with Crippen LogP contribution in [0.3, 0.4) is 0 Å². The van der Waals surface area contributed by atoms with Crippen LogP contribution in [0, 0.1) is 0 Å². The standard InChI is InChI=1S/C10H13NO2/c1-9(8-12)11(13-2)10-6-4-3-5-7-10/h3-9H,1-2H3/t9-/m0/s1. The van der Waals surface area contributed by atoms with E-state index < -0.39 is 0 Å². The number of para-hydroxylation sites is 1. The number of hydrogen-bond acceptors (Lipinski definition) is 3. The van der Waals surface area contributed by atoms with Crippen molar-refractivity contribution in [2.45, 2.75) is 13.0 Å². The van der Waals surface area contributed by atoms with Crippen LogP contribution in [0.15, 0.2) is 30.3 Å². The van der Waals surface area contributed by atoms with Crippen molar-refractivity contribution < 1.29 is 9.63 Å². The molecule has 70 valence electrons. The van der Waals surface area contributed by atoms with Crippen LogP contribution in [-0.2, 0) is 9.63 Å². The third-order valence-electron chi connectivity index (χ3n) is 1.77. The minimum atomic E-state index is -0.271. The van der Waals surface area contributed by atoms with Gasteiger partial charge in [0.05, 0.1) is 12.8 Å². The van der Waals surface area contributed by atoms with Crippen LogP contribution in [0.5, 0.6) is 0 Å². The van der Waals surface area contributed by atoms with Crippen LogP contribution in [0.25, 0.3) is 0 Å². The van der Waals surface area contributed by atoms with Crippen LogP contribution in [0.4, 0.5) is 5.69 Å². The summed E-state index contributed by atoms with van der Waals surface area (Å²) in [7, 11) is 1.55. The minimum Gasteiger partial charge on any atom is -0.301 e. The number of benzene rings is 1. The maximum atomic E-state index is 10.6. The van der Waals surface area contributed by atoms with E-state index in [1.54, 1.807) is 19.1 Å². The highest BCUT2D eigenvalue weighted by molar-refractivity contribution is 5.63. The zero-order valence-electron chi connectivity index (χ0n) is 7.81. The average Bonchev–Trinajstić information content (AvgIpc) is 2.20. The zero-order chi connectivity index (χ0) is 9.68. The fourth-order valence-electron chi connectivity index (χ4n) is 1.14. The van der Waals surface area contributed by atoms with Gasteiger partial charge in [-0.3, -0.25) is 4.84 Å². The van der Waals surface area contributed by atoms with Gasteiger partial charge in [-0.2, -0.15) is 0 Å². The summed E-state index contributed by atoms with van der Waals surface area (Å²) < 4.78 is 0. The first kappa shape index (κ1) is 9.74. The van der Waals surface area contributed by atoms with Crippen LogP contribution >= 0.6 is 0 Å². The molecule has 1 rings (SSSR count). The van der Waals surface area contributed by atoms with Crippen molar-refractivity contribution in [3.8, 4) is 0 Å². The number of nitrogens with zero attached hydrogens (tertiary/aromatic N) is 1. The van der Waals surface area contributed by atoms with Gasteiger partial charge in [-0.15, -0.1) is 0 Å². The molecule has 3 heteroatoms. The van der Waals surface area contributed by atoms with E-state index in [-0.39, 0.29) is 6.04 Å². The summed E-state index contributed by atoms with van der Waals surface area (Å²) >= 11 is 0. The molecule has 0 aliphatic carbocycles. The molecule has 0 aromatic heterocycles. The Bertz CT molecular complexity index is 261. The van der Waals surface area contributed by atoms with E-state index in [1.807, 2.05) is 30.3 Å². The lowest BCUT2D eigenvalue weighted by molar-refractivity contribution is -0.110. The molecule has 0 radical (unpaired) electrons. The van der Waals surface area contributed by atoms with E-state index in [1.165, 1.54) is 0 Å². The van der Waals surface area contributed by atoms with Gasteiger partial charge in [0.1, 0.15) is 12.3 Å². The van der Waals surface area contributed by atoms with E-state index >= 15 is 0 Å². The highest BCUT2D eigenvalue weighted by atomic mass is 16.7. The Morgan fingerprint density at radius 3 is 2.46 bits per heavy atom. The number of anilines is 1. The van der Waals surface area contributed by atoms with Gasteiger partial charge in [-0.25, -0.2) is 5.06 Å². The van der Waals surface area contributed by atoms with Gasteiger partial charge in [0.25, 0.3) is 0 Å². The Labute approximate surface area is 77.9 Å². The molecule has 13 heavy (non-hydrogen) atoms. The number of aldehydes is 1. The van der Waals surface area contributed by atoms with Crippen molar-refractivity contribution >= 4 is 12.0 Å². The van der Waals surface area contributed by atoms with Gasteiger partial charge in [0.2, 0.25) is 0 Å². The molecule has 1 aromatic carbocycles. The third kappa shape index (κ3) is 2.29. The average molecular weight is 179 g/mol. The highest BCUT2D eigenvalue weighted by Crippen LogP contribution is 2.14. The third-order valence-corrected chi connectivity index (χ3v) is 1.77. The molecular weight excluding hydrogens is 166 g/mol. The molecule has 0 fully saturated rings. The predicted molar refractivity (Wildman–Crippen MR) is 51.5 cm³/mol. The number of carbonyl (C=O) groups excluding carboxylic acids is 1. The van der Waals surface area contributed by atoms with Crippen molar-refractivity contribution in [3.05, 3.63) is 30.3 Å². The molecule has 0 N–H and O–H groups in total. The lowest BCUT2D eigenvalue weighted by atomic mass is 10.3. The fourth-order valence-corrected chi connectivity index (χ4v) is 1.14. The van der Waals surface area contributed by atoms with Gasteiger partial charge in [0, 0.05) is 0 Å². The highest BCUT2D eigenvalue weighted by Gasteiger charge is 2.11. The summed E-state index contributed by atoms with van der Waals surface area (Å²) in [6.45, 7) is 1.78. The fraction of sp³-hybridized carbons (Fsp3) is 0.300. The molecule has 1 aromatic rings. The van der Waals surface area contributed by atoms with Gasteiger partial charge >= 0.3 is 0 Å². The maximum Gasteiger partial charge on any atom is 0.144 e.